The lowest BCUT2D eigenvalue weighted by atomic mass is 9.92. The molecular formula is C18H17BrClN3O3S. The summed E-state index contributed by atoms with van der Waals surface area (Å²) >= 11 is 10.7. The van der Waals surface area contributed by atoms with Crippen LogP contribution in [0.4, 0.5) is 4.79 Å². The molecule has 27 heavy (non-hydrogen) atoms. The minimum absolute atomic E-state index is 0.319. The Bertz CT molecular complexity index is 919. The lowest BCUT2D eigenvalue weighted by Crippen LogP contribution is -2.43. The number of benzene rings is 1. The van der Waals surface area contributed by atoms with Gasteiger partial charge in [-0.05, 0) is 25.1 Å². The van der Waals surface area contributed by atoms with Crippen molar-refractivity contribution in [3.63, 3.8) is 0 Å². The Kier molecular flexibility index (Phi) is 5.60. The number of urea groups is 1. The molecular weight excluding hydrogens is 454 g/mol. The van der Waals surface area contributed by atoms with Crippen LogP contribution in [0.25, 0.3) is 0 Å². The van der Waals surface area contributed by atoms with Gasteiger partial charge in [-0.15, -0.1) is 11.3 Å². The van der Waals surface area contributed by atoms with Gasteiger partial charge in [-0.1, -0.05) is 45.7 Å². The molecule has 6 nitrogen and oxygen atoms in total. The van der Waals surface area contributed by atoms with Gasteiger partial charge in [0.2, 0.25) is 5.91 Å². The lowest BCUT2D eigenvalue weighted by Gasteiger charge is -2.24. The van der Waals surface area contributed by atoms with Gasteiger partial charge < -0.3 is 10.2 Å². The molecule has 1 N–H and O–H groups in total. The normalized spacial score (nSPS) is 19.3. The second-order valence-corrected chi connectivity index (χ2v) is 9.04. The number of thiophene rings is 1. The van der Waals surface area contributed by atoms with Gasteiger partial charge in [0.05, 0.1) is 10.9 Å². The molecule has 0 radical (unpaired) electrons. The third-order valence-electron chi connectivity index (χ3n) is 4.43. The summed E-state index contributed by atoms with van der Waals surface area (Å²) in [7, 11) is 1.63. The van der Waals surface area contributed by atoms with E-state index in [0.717, 1.165) is 9.78 Å². The molecule has 0 saturated carbocycles. The Hall–Kier alpha value is -1.90. The molecule has 1 aliphatic heterocycles. The summed E-state index contributed by atoms with van der Waals surface area (Å²) in [5.41, 5.74) is -0.586. The Balaban J connectivity index is 1.73. The summed E-state index contributed by atoms with van der Waals surface area (Å²) in [4.78, 5) is 41.2. The first-order chi connectivity index (χ1) is 12.7. The van der Waals surface area contributed by atoms with Gasteiger partial charge >= 0.3 is 6.03 Å². The van der Waals surface area contributed by atoms with Crippen LogP contribution < -0.4 is 5.32 Å². The third kappa shape index (κ3) is 3.88. The average Bonchev–Trinajstić information content (AvgIpc) is 3.11. The van der Waals surface area contributed by atoms with Crippen molar-refractivity contribution >= 4 is 56.7 Å². The molecule has 2 aromatic rings. The first-order valence-corrected chi connectivity index (χ1v) is 10.1. The maximum atomic E-state index is 12.9. The Morgan fingerprint density at radius 1 is 1.30 bits per heavy atom. The highest BCUT2D eigenvalue weighted by atomic mass is 79.9. The Labute approximate surface area is 174 Å². The molecule has 1 aromatic heterocycles. The van der Waals surface area contributed by atoms with Crippen LogP contribution in [0.5, 0.6) is 0 Å². The zero-order chi connectivity index (χ0) is 19.8. The lowest BCUT2D eigenvalue weighted by molar-refractivity contribution is -0.138. The van der Waals surface area contributed by atoms with Gasteiger partial charge in [0.15, 0.2) is 0 Å². The largest absolute Gasteiger partial charge is 0.339 e. The number of nitrogens with one attached hydrogen (secondary N) is 1. The van der Waals surface area contributed by atoms with Crippen LogP contribution in [-0.2, 0) is 21.7 Å². The van der Waals surface area contributed by atoms with E-state index in [-0.39, 0.29) is 12.5 Å². The highest BCUT2D eigenvalue weighted by Gasteiger charge is 2.50. The van der Waals surface area contributed by atoms with E-state index in [1.54, 1.807) is 38.2 Å². The number of likely N-dealkylation sites (N-methyl/N-ethyl adjacent to an activating group) is 1. The topological polar surface area (TPSA) is 69.7 Å². The van der Waals surface area contributed by atoms with E-state index in [2.05, 4.69) is 21.2 Å². The fourth-order valence-corrected chi connectivity index (χ4v) is 4.73. The van der Waals surface area contributed by atoms with Crippen LogP contribution in [0.1, 0.15) is 17.4 Å². The number of hydrogen-bond donors (Lipinski definition) is 1. The zero-order valence-electron chi connectivity index (χ0n) is 14.7. The van der Waals surface area contributed by atoms with E-state index < -0.39 is 17.5 Å². The van der Waals surface area contributed by atoms with Crippen LogP contribution in [-0.4, -0.2) is 41.2 Å². The maximum Gasteiger partial charge on any atom is 0.325 e. The Morgan fingerprint density at radius 2 is 2.00 bits per heavy atom. The number of imide groups is 1. The summed E-state index contributed by atoms with van der Waals surface area (Å²) in [5.74, 6) is -0.792. The molecule has 1 aliphatic rings. The van der Waals surface area contributed by atoms with Crippen molar-refractivity contribution in [2.24, 2.45) is 0 Å². The number of amides is 4. The summed E-state index contributed by atoms with van der Waals surface area (Å²) in [6, 6.07) is 10.2. The van der Waals surface area contributed by atoms with E-state index >= 15 is 0 Å². The molecule has 1 aromatic carbocycles. The SMILES string of the molecule is CN(Cc1ccc(Cl)s1)C(=O)CN1C(=O)NC(C)(c2ccccc2Br)C1=O. The summed E-state index contributed by atoms with van der Waals surface area (Å²) in [6.07, 6.45) is 0. The van der Waals surface area contributed by atoms with Crippen molar-refractivity contribution in [1.29, 1.82) is 0 Å². The fourth-order valence-electron chi connectivity index (χ4n) is 2.90. The third-order valence-corrected chi connectivity index (χ3v) is 6.34. The predicted molar refractivity (Wildman–Crippen MR) is 108 cm³/mol. The molecule has 0 aliphatic carbocycles. The summed E-state index contributed by atoms with van der Waals surface area (Å²) in [6.45, 7) is 1.68. The monoisotopic (exact) mass is 469 g/mol. The molecule has 0 bridgehead atoms. The number of carbonyl (C=O) groups excluding carboxylic acids is 3. The molecule has 1 unspecified atom stereocenters. The van der Waals surface area contributed by atoms with E-state index in [1.807, 2.05) is 12.1 Å². The maximum absolute atomic E-state index is 12.9. The van der Waals surface area contributed by atoms with Gasteiger partial charge in [-0.3, -0.25) is 14.5 Å². The molecule has 1 fully saturated rings. The second kappa shape index (κ2) is 7.61. The van der Waals surface area contributed by atoms with Crippen LogP contribution >= 0.6 is 38.9 Å². The highest BCUT2D eigenvalue weighted by Crippen LogP contribution is 2.33. The van der Waals surface area contributed by atoms with Crippen LogP contribution in [0.15, 0.2) is 40.9 Å². The Morgan fingerprint density at radius 3 is 2.63 bits per heavy atom. The number of rotatable bonds is 5. The minimum Gasteiger partial charge on any atom is -0.339 e. The second-order valence-electron chi connectivity index (χ2n) is 6.38. The van der Waals surface area contributed by atoms with Crippen molar-refractivity contribution in [3.05, 3.63) is 55.6 Å². The molecule has 4 amide bonds. The fraction of sp³-hybridized carbons (Fsp3) is 0.278. The smallest absolute Gasteiger partial charge is 0.325 e. The molecule has 1 atom stereocenters. The van der Waals surface area contributed by atoms with Gasteiger partial charge in [-0.25, -0.2) is 4.79 Å². The number of nitrogens with zero attached hydrogens (tertiary/aromatic N) is 2. The van der Waals surface area contributed by atoms with Crippen molar-refractivity contribution in [3.8, 4) is 0 Å². The molecule has 2 heterocycles. The van der Waals surface area contributed by atoms with Gasteiger partial charge in [0.25, 0.3) is 5.91 Å². The van der Waals surface area contributed by atoms with Gasteiger partial charge in [0.1, 0.15) is 12.1 Å². The van der Waals surface area contributed by atoms with Gasteiger partial charge in [0, 0.05) is 22.0 Å². The number of halogens is 2. The predicted octanol–water partition coefficient (Wildman–Crippen LogP) is 3.59. The average molecular weight is 471 g/mol. The number of hydrogen-bond acceptors (Lipinski definition) is 4. The molecule has 0 spiro atoms. The van der Waals surface area contributed by atoms with Crippen molar-refractivity contribution in [1.82, 2.24) is 15.1 Å². The molecule has 3 rings (SSSR count). The molecule has 1 saturated heterocycles. The first kappa shape index (κ1) is 19.9. The van der Waals surface area contributed by atoms with E-state index in [4.69, 9.17) is 11.6 Å². The van der Waals surface area contributed by atoms with E-state index in [0.29, 0.717) is 20.9 Å². The highest BCUT2D eigenvalue weighted by molar-refractivity contribution is 9.10. The standard InChI is InChI=1S/C18H17BrClN3O3S/c1-18(12-5-3-4-6-13(12)19)16(25)23(17(26)21-18)10-15(24)22(2)9-11-7-8-14(20)27-11/h3-8H,9-10H2,1-2H3,(H,21,26). The quantitative estimate of drug-likeness (QED) is 0.679. The van der Waals surface area contributed by atoms with Crippen LogP contribution in [0.2, 0.25) is 4.34 Å². The molecule has 142 valence electrons. The number of carbonyl (C=O) groups is 3. The van der Waals surface area contributed by atoms with Crippen molar-refractivity contribution < 1.29 is 14.4 Å². The summed E-state index contributed by atoms with van der Waals surface area (Å²) in [5, 5.41) is 2.71. The van der Waals surface area contributed by atoms with E-state index in [9.17, 15) is 14.4 Å². The van der Waals surface area contributed by atoms with Gasteiger partial charge in [-0.2, -0.15) is 0 Å². The van der Waals surface area contributed by atoms with Crippen molar-refractivity contribution in [2.45, 2.75) is 19.0 Å². The van der Waals surface area contributed by atoms with Crippen LogP contribution in [0, 0.1) is 0 Å². The van der Waals surface area contributed by atoms with Crippen LogP contribution in [0.3, 0.4) is 0 Å². The summed E-state index contributed by atoms with van der Waals surface area (Å²) < 4.78 is 1.35. The zero-order valence-corrected chi connectivity index (χ0v) is 17.8. The van der Waals surface area contributed by atoms with Crippen molar-refractivity contribution in [2.75, 3.05) is 13.6 Å². The van der Waals surface area contributed by atoms with E-state index in [1.165, 1.54) is 16.2 Å². The first-order valence-electron chi connectivity index (χ1n) is 8.09. The minimum atomic E-state index is -1.22. The molecule has 9 heteroatoms.